The van der Waals surface area contributed by atoms with E-state index in [1.807, 2.05) is 42.5 Å². The van der Waals surface area contributed by atoms with Gasteiger partial charge < -0.3 is 20.1 Å². The molecule has 0 spiro atoms. The van der Waals surface area contributed by atoms with Crippen LogP contribution in [0.3, 0.4) is 0 Å². The monoisotopic (exact) mass is 342 g/mol. The van der Waals surface area contributed by atoms with Gasteiger partial charge in [-0.25, -0.2) is 0 Å². The smallest absolute Gasteiger partial charge is 0.258 e. The Hall–Kier alpha value is -2.69. The molecule has 134 valence electrons. The van der Waals surface area contributed by atoms with Crippen LogP contribution in [0.5, 0.6) is 11.5 Å². The van der Waals surface area contributed by atoms with Gasteiger partial charge in [-0.1, -0.05) is 44.2 Å². The van der Waals surface area contributed by atoms with Crippen molar-refractivity contribution in [2.24, 2.45) is 5.92 Å². The summed E-state index contributed by atoms with van der Waals surface area (Å²) < 4.78 is 10.8. The number of hydrogen-bond acceptors (Lipinski definition) is 4. The number of para-hydroxylation sites is 3. The minimum Gasteiger partial charge on any atom is -0.493 e. The molecule has 2 aromatic rings. The summed E-state index contributed by atoms with van der Waals surface area (Å²) in [6.45, 7) is 4.73. The molecule has 0 aliphatic carbocycles. The molecule has 0 heterocycles. The van der Waals surface area contributed by atoms with E-state index in [0.717, 1.165) is 5.69 Å². The zero-order valence-electron chi connectivity index (χ0n) is 15.0. The second-order valence-electron chi connectivity index (χ2n) is 6.10. The van der Waals surface area contributed by atoms with Crippen molar-refractivity contribution < 1.29 is 14.3 Å². The Kier molecular flexibility index (Phi) is 7.14. The van der Waals surface area contributed by atoms with Crippen molar-refractivity contribution in [3.05, 3.63) is 54.6 Å². The quantitative estimate of drug-likeness (QED) is 0.734. The van der Waals surface area contributed by atoms with E-state index in [0.29, 0.717) is 24.0 Å². The molecule has 2 N–H and O–H groups in total. The van der Waals surface area contributed by atoms with Crippen LogP contribution in [0.25, 0.3) is 0 Å². The number of rotatable bonds is 9. The van der Waals surface area contributed by atoms with Crippen LogP contribution in [-0.2, 0) is 4.79 Å². The first-order valence-corrected chi connectivity index (χ1v) is 8.44. The minimum atomic E-state index is -0.161. The number of carbonyl (C=O) groups is 1. The number of amides is 1. The normalized spacial score (nSPS) is 11.7. The Bertz CT molecular complexity index is 659. The predicted molar refractivity (Wildman–Crippen MR) is 100 cm³/mol. The zero-order valence-corrected chi connectivity index (χ0v) is 15.0. The number of carbonyl (C=O) groups excluding carboxylic acids is 1. The fraction of sp³-hybridized carbons (Fsp3) is 0.350. The van der Waals surface area contributed by atoms with Crippen LogP contribution in [0, 0.1) is 5.92 Å². The Morgan fingerprint density at radius 3 is 2.28 bits per heavy atom. The molecule has 1 atom stereocenters. The van der Waals surface area contributed by atoms with E-state index in [1.165, 1.54) is 0 Å². The van der Waals surface area contributed by atoms with E-state index in [-0.39, 0.29) is 18.6 Å². The van der Waals surface area contributed by atoms with Crippen molar-refractivity contribution in [1.82, 2.24) is 5.32 Å². The highest BCUT2D eigenvalue weighted by Crippen LogP contribution is 2.25. The maximum atomic E-state index is 12.1. The van der Waals surface area contributed by atoms with Gasteiger partial charge in [-0.3, -0.25) is 4.79 Å². The second-order valence-corrected chi connectivity index (χ2v) is 6.10. The molecule has 25 heavy (non-hydrogen) atoms. The SMILES string of the molecule is COc1ccccc1OCC(=O)NCC(Nc1ccccc1)C(C)C. The highest BCUT2D eigenvalue weighted by Gasteiger charge is 2.15. The van der Waals surface area contributed by atoms with Crippen molar-refractivity contribution in [2.45, 2.75) is 19.9 Å². The van der Waals surface area contributed by atoms with Crippen LogP contribution >= 0.6 is 0 Å². The topological polar surface area (TPSA) is 59.6 Å². The second kappa shape index (κ2) is 9.57. The summed E-state index contributed by atoms with van der Waals surface area (Å²) in [5.41, 5.74) is 1.04. The maximum absolute atomic E-state index is 12.1. The van der Waals surface area contributed by atoms with Gasteiger partial charge in [0, 0.05) is 18.3 Å². The average molecular weight is 342 g/mol. The summed E-state index contributed by atoms with van der Waals surface area (Å²) in [7, 11) is 1.57. The third-order valence-electron chi connectivity index (χ3n) is 3.88. The van der Waals surface area contributed by atoms with Gasteiger partial charge in [0.2, 0.25) is 0 Å². The lowest BCUT2D eigenvalue weighted by atomic mass is 10.0. The zero-order chi connectivity index (χ0) is 18.1. The first kappa shape index (κ1) is 18.6. The molecular formula is C20H26N2O3. The lowest BCUT2D eigenvalue weighted by Gasteiger charge is -2.24. The molecule has 0 saturated carbocycles. The van der Waals surface area contributed by atoms with Crippen LogP contribution in [0.1, 0.15) is 13.8 Å². The average Bonchev–Trinajstić information content (AvgIpc) is 2.64. The largest absolute Gasteiger partial charge is 0.493 e. The first-order valence-electron chi connectivity index (χ1n) is 8.44. The van der Waals surface area contributed by atoms with Crippen LogP contribution < -0.4 is 20.1 Å². The van der Waals surface area contributed by atoms with Crippen LogP contribution in [0.15, 0.2) is 54.6 Å². The summed E-state index contributed by atoms with van der Waals surface area (Å²) >= 11 is 0. The van der Waals surface area contributed by atoms with E-state index in [9.17, 15) is 4.79 Å². The van der Waals surface area contributed by atoms with E-state index >= 15 is 0 Å². The van der Waals surface area contributed by atoms with Gasteiger partial charge in [-0.15, -0.1) is 0 Å². The number of hydrogen-bond donors (Lipinski definition) is 2. The third kappa shape index (κ3) is 6.03. The van der Waals surface area contributed by atoms with Crippen molar-refractivity contribution in [3.8, 4) is 11.5 Å². The molecule has 2 rings (SSSR count). The standard InChI is InChI=1S/C20H26N2O3/c1-15(2)17(22-16-9-5-4-6-10-16)13-21-20(23)14-25-19-12-8-7-11-18(19)24-3/h4-12,15,17,22H,13-14H2,1-3H3,(H,21,23). The summed E-state index contributed by atoms with van der Waals surface area (Å²) in [6.07, 6.45) is 0. The Morgan fingerprint density at radius 2 is 1.64 bits per heavy atom. The number of ether oxygens (including phenoxy) is 2. The minimum absolute atomic E-state index is 0.0451. The Morgan fingerprint density at radius 1 is 1.00 bits per heavy atom. The molecule has 0 aliphatic heterocycles. The van der Waals surface area contributed by atoms with Gasteiger partial charge in [-0.2, -0.15) is 0 Å². The molecular weight excluding hydrogens is 316 g/mol. The molecule has 0 aliphatic rings. The number of nitrogens with one attached hydrogen (secondary N) is 2. The van der Waals surface area contributed by atoms with Crippen LogP contribution in [-0.4, -0.2) is 32.2 Å². The summed E-state index contributed by atoms with van der Waals surface area (Å²) in [5.74, 6) is 1.38. The van der Waals surface area contributed by atoms with Gasteiger partial charge in [-0.05, 0) is 30.2 Å². The number of anilines is 1. The molecule has 0 radical (unpaired) electrons. The third-order valence-corrected chi connectivity index (χ3v) is 3.88. The van der Waals surface area contributed by atoms with E-state index in [1.54, 1.807) is 19.2 Å². The van der Waals surface area contributed by atoms with E-state index in [4.69, 9.17) is 9.47 Å². The molecule has 0 saturated heterocycles. The fourth-order valence-corrected chi connectivity index (χ4v) is 2.36. The van der Waals surface area contributed by atoms with Gasteiger partial charge in [0.05, 0.1) is 7.11 Å². The molecule has 2 aromatic carbocycles. The molecule has 1 unspecified atom stereocenters. The summed E-state index contributed by atoms with van der Waals surface area (Å²) in [4.78, 5) is 12.1. The van der Waals surface area contributed by atoms with Gasteiger partial charge >= 0.3 is 0 Å². The fourth-order valence-electron chi connectivity index (χ4n) is 2.36. The van der Waals surface area contributed by atoms with Crippen molar-refractivity contribution >= 4 is 11.6 Å². The van der Waals surface area contributed by atoms with Crippen molar-refractivity contribution in [1.29, 1.82) is 0 Å². The van der Waals surface area contributed by atoms with Crippen molar-refractivity contribution in [3.63, 3.8) is 0 Å². The van der Waals surface area contributed by atoms with Gasteiger partial charge in [0.25, 0.3) is 5.91 Å². The Labute approximate surface area is 149 Å². The molecule has 1 amide bonds. The first-order chi connectivity index (χ1) is 12.1. The highest BCUT2D eigenvalue weighted by atomic mass is 16.5. The molecule has 0 fully saturated rings. The maximum Gasteiger partial charge on any atom is 0.258 e. The van der Waals surface area contributed by atoms with Crippen LogP contribution in [0.2, 0.25) is 0 Å². The molecule has 0 aromatic heterocycles. The lowest BCUT2D eigenvalue weighted by molar-refractivity contribution is -0.123. The van der Waals surface area contributed by atoms with E-state index < -0.39 is 0 Å². The predicted octanol–water partition coefficient (Wildman–Crippen LogP) is 3.33. The van der Waals surface area contributed by atoms with Crippen LogP contribution in [0.4, 0.5) is 5.69 Å². The Balaban J connectivity index is 1.82. The van der Waals surface area contributed by atoms with E-state index in [2.05, 4.69) is 24.5 Å². The lowest BCUT2D eigenvalue weighted by Crippen LogP contribution is -2.41. The highest BCUT2D eigenvalue weighted by molar-refractivity contribution is 5.77. The number of benzene rings is 2. The number of methoxy groups -OCH3 is 1. The van der Waals surface area contributed by atoms with Crippen molar-refractivity contribution in [2.75, 3.05) is 25.6 Å². The molecule has 5 nitrogen and oxygen atoms in total. The molecule has 5 heteroatoms. The summed E-state index contributed by atoms with van der Waals surface area (Å²) in [5, 5.41) is 6.38. The van der Waals surface area contributed by atoms with Gasteiger partial charge in [0.1, 0.15) is 0 Å². The van der Waals surface area contributed by atoms with Gasteiger partial charge in [0.15, 0.2) is 18.1 Å². The molecule has 0 bridgehead atoms. The summed E-state index contributed by atoms with van der Waals surface area (Å²) in [6, 6.07) is 17.4.